The molecular formula is C8H4F4O3S. The van der Waals surface area contributed by atoms with Crippen molar-refractivity contribution in [2.75, 3.05) is 0 Å². The molecule has 0 N–H and O–H groups in total. The van der Waals surface area contributed by atoms with Gasteiger partial charge in [0.1, 0.15) is 4.90 Å². The number of rotatable bonds is 2. The molecule has 0 heterocycles. The van der Waals surface area contributed by atoms with Gasteiger partial charge in [0, 0.05) is 5.56 Å². The zero-order valence-electron chi connectivity index (χ0n) is 7.45. The van der Waals surface area contributed by atoms with E-state index in [2.05, 4.69) is 0 Å². The highest BCUT2D eigenvalue weighted by Gasteiger charge is 2.38. The second kappa shape index (κ2) is 3.85. The van der Waals surface area contributed by atoms with Gasteiger partial charge in [-0.1, -0.05) is 12.1 Å². The first-order chi connectivity index (χ1) is 7.18. The quantitative estimate of drug-likeness (QED) is 0.463. The van der Waals surface area contributed by atoms with E-state index in [1.165, 1.54) is 0 Å². The Bertz CT molecular complexity index is 519. The molecule has 3 nitrogen and oxygen atoms in total. The van der Waals surface area contributed by atoms with E-state index in [1.54, 1.807) is 0 Å². The standard InChI is InChI=1S/C8H4F4O3S/c9-8(10,11)6-3-1-2-5(4-13)7(6)16(12,14)15/h1-4H. The molecule has 0 spiro atoms. The Morgan fingerprint density at radius 2 is 1.75 bits per heavy atom. The van der Waals surface area contributed by atoms with E-state index < -0.39 is 32.4 Å². The maximum Gasteiger partial charge on any atom is 0.417 e. The maximum atomic E-state index is 12.7. The van der Waals surface area contributed by atoms with Crippen molar-refractivity contribution in [3.63, 3.8) is 0 Å². The van der Waals surface area contributed by atoms with Crippen molar-refractivity contribution >= 4 is 16.5 Å². The van der Waals surface area contributed by atoms with Gasteiger partial charge < -0.3 is 0 Å². The van der Waals surface area contributed by atoms with Crippen LogP contribution in [0.4, 0.5) is 17.1 Å². The van der Waals surface area contributed by atoms with Crippen LogP contribution in [-0.4, -0.2) is 14.7 Å². The molecule has 1 aromatic carbocycles. The Morgan fingerprint density at radius 1 is 1.19 bits per heavy atom. The number of carbonyl (C=O) groups is 1. The molecule has 88 valence electrons. The summed E-state index contributed by atoms with van der Waals surface area (Å²) in [4.78, 5) is 8.71. The molecule has 0 unspecified atom stereocenters. The highest BCUT2D eigenvalue weighted by Crippen LogP contribution is 2.36. The molecule has 1 rings (SSSR count). The van der Waals surface area contributed by atoms with Crippen molar-refractivity contribution in [1.82, 2.24) is 0 Å². The molecule has 0 bridgehead atoms. The zero-order chi connectivity index (χ0) is 12.6. The maximum absolute atomic E-state index is 12.7. The Kier molecular flexibility index (Phi) is 3.04. The fourth-order valence-corrected chi connectivity index (χ4v) is 1.99. The number of carbonyl (C=O) groups excluding carboxylic acids is 1. The van der Waals surface area contributed by atoms with Gasteiger partial charge in [-0.3, -0.25) is 4.79 Å². The second-order valence-electron chi connectivity index (χ2n) is 2.78. The largest absolute Gasteiger partial charge is 0.417 e. The minimum Gasteiger partial charge on any atom is -0.298 e. The number of hydrogen-bond acceptors (Lipinski definition) is 3. The topological polar surface area (TPSA) is 51.2 Å². The van der Waals surface area contributed by atoms with Gasteiger partial charge in [0.2, 0.25) is 0 Å². The number of benzene rings is 1. The van der Waals surface area contributed by atoms with Crippen molar-refractivity contribution in [1.29, 1.82) is 0 Å². The van der Waals surface area contributed by atoms with Crippen LogP contribution < -0.4 is 0 Å². The molecule has 0 radical (unpaired) electrons. The van der Waals surface area contributed by atoms with E-state index in [0.29, 0.717) is 6.07 Å². The first kappa shape index (κ1) is 12.6. The van der Waals surface area contributed by atoms with Crippen LogP contribution in [0.3, 0.4) is 0 Å². The fourth-order valence-electron chi connectivity index (χ4n) is 1.14. The SMILES string of the molecule is O=Cc1cccc(C(F)(F)F)c1S(=O)(=O)F. The third kappa shape index (κ3) is 2.38. The van der Waals surface area contributed by atoms with E-state index in [-0.39, 0.29) is 6.29 Å². The fraction of sp³-hybridized carbons (Fsp3) is 0.125. The van der Waals surface area contributed by atoms with Crippen molar-refractivity contribution in [3.8, 4) is 0 Å². The lowest BCUT2D eigenvalue weighted by Gasteiger charge is -2.11. The van der Waals surface area contributed by atoms with Crippen molar-refractivity contribution in [3.05, 3.63) is 29.3 Å². The van der Waals surface area contributed by atoms with Crippen LogP contribution in [0.25, 0.3) is 0 Å². The number of aldehydes is 1. The van der Waals surface area contributed by atoms with Crippen LogP contribution in [0.2, 0.25) is 0 Å². The van der Waals surface area contributed by atoms with Crippen LogP contribution in [0.5, 0.6) is 0 Å². The van der Waals surface area contributed by atoms with E-state index in [0.717, 1.165) is 12.1 Å². The summed E-state index contributed by atoms with van der Waals surface area (Å²) in [6, 6.07) is 2.00. The Balaban J connectivity index is 3.71. The summed E-state index contributed by atoms with van der Waals surface area (Å²) in [5, 5.41) is 0. The minimum atomic E-state index is -5.61. The van der Waals surface area contributed by atoms with Gasteiger partial charge >= 0.3 is 16.4 Å². The van der Waals surface area contributed by atoms with Crippen LogP contribution in [0, 0.1) is 0 Å². The van der Waals surface area contributed by atoms with Crippen LogP contribution in [0.1, 0.15) is 15.9 Å². The van der Waals surface area contributed by atoms with E-state index in [4.69, 9.17) is 0 Å². The lowest BCUT2D eigenvalue weighted by atomic mass is 10.1. The molecule has 1 aromatic rings. The molecule has 0 aliphatic carbocycles. The third-order valence-electron chi connectivity index (χ3n) is 1.72. The molecular weight excluding hydrogens is 252 g/mol. The Morgan fingerprint density at radius 3 is 2.12 bits per heavy atom. The summed E-state index contributed by atoms with van der Waals surface area (Å²) >= 11 is 0. The summed E-state index contributed by atoms with van der Waals surface area (Å²) in [6.45, 7) is 0. The number of halogens is 4. The highest BCUT2D eigenvalue weighted by molar-refractivity contribution is 7.86. The van der Waals surface area contributed by atoms with Crippen molar-refractivity contribution in [2.45, 2.75) is 11.1 Å². The predicted molar refractivity (Wildman–Crippen MR) is 45.1 cm³/mol. The molecule has 0 aliphatic heterocycles. The van der Waals surface area contributed by atoms with Crippen LogP contribution >= 0.6 is 0 Å². The van der Waals surface area contributed by atoms with Crippen LogP contribution in [-0.2, 0) is 16.4 Å². The first-order valence-electron chi connectivity index (χ1n) is 3.78. The minimum absolute atomic E-state index is 0.151. The van der Waals surface area contributed by atoms with Crippen molar-refractivity contribution in [2.24, 2.45) is 0 Å². The third-order valence-corrected chi connectivity index (χ3v) is 2.66. The second-order valence-corrected chi connectivity index (χ2v) is 4.06. The lowest BCUT2D eigenvalue weighted by Crippen LogP contribution is -2.13. The Hall–Kier alpha value is -1.44. The van der Waals surface area contributed by atoms with Gasteiger partial charge in [0.25, 0.3) is 0 Å². The molecule has 0 atom stereocenters. The van der Waals surface area contributed by atoms with E-state index in [9.17, 15) is 30.3 Å². The molecule has 8 heteroatoms. The smallest absolute Gasteiger partial charge is 0.298 e. The average Bonchev–Trinajstić information content (AvgIpc) is 2.13. The van der Waals surface area contributed by atoms with E-state index >= 15 is 0 Å². The van der Waals surface area contributed by atoms with Gasteiger partial charge in [-0.05, 0) is 6.07 Å². The summed E-state index contributed by atoms with van der Waals surface area (Å²) in [7, 11) is -5.61. The lowest BCUT2D eigenvalue weighted by molar-refractivity contribution is -0.139. The zero-order valence-corrected chi connectivity index (χ0v) is 8.27. The number of alkyl halides is 3. The molecule has 0 amide bonds. The van der Waals surface area contributed by atoms with Gasteiger partial charge in [-0.2, -0.15) is 21.6 Å². The summed E-state index contributed by atoms with van der Waals surface area (Å²) < 4.78 is 70.8. The highest BCUT2D eigenvalue weighted by atomic mass is 32.3. The molecule has 0 aromatic heterocycles. The normalized spacial score (nSPS) is 12.5. The molecule has 0 saturated heterocycles. The number of hydrogen-bond donors (Lipinski definition) is 0. The summed E-state index contributed by atoms with van der Waals surface area (Å²) in [5.41, 5.74) is -2.56. The van der Waals surface area contributed by atoms with Gasteiger partial charge in [-0.25, -0.2) is 0 Å². The van der Waals surface area contributed by atoms with Crippen molar-refractivity contribution < 1.29 is 30.3 Å². The molecule has 0 aliphatic rings. The van der Waals surface area contributed by atoms with E-state index in [1.807, 2.05) is 0 Å². The Labute approximate surface area is 87.9 Å². The molecule has 0 fully saturated rings. The van der Waals surface area contributed by atoms with Gasteiger partial charge in [0.05, 0.1) is 5.56 Å². The summed E-state index contributed by atoms with van der Waals surface area (Å²) in [6.07, 6.45) is -5.20. The predicted octanol–water partition coefficient (Wildman–Crippen LogP) is 2.18. The van der Waals surface area contributed by atoms with Gasteiger partial charge in [-0.15, -0.1) is 3.89 Å². The molecule has 16 heavy (non-hydrogen) atoms. The monoisotopic (exact) mass is 256 g/mol. The first-order valence-corrected chi connectivity index (χ1v) is 5.16. The van der Waals surface area contributed by atoms with Gasteiger partial charge in [0.15, 0.2) is 6.29 Å². The van der Waals surface area contributed by atoms with Crippen LogP contribution in [0.15, 0.2) is 23.1 Å². The molecule has 0 saturated carbocycles. The average molecular weight is 256 g/mol. The summed E-state index contributed by atoms with van der Waals surface area (Å²) in [5.74, 6) is 0.